The van der Waals surface area contributed by atoms with Crippen LogP contribution in [0.2, 0.25) is 0 Å². The summed E-state index contributed by atoms with van der Waals surface area (Å²) < 4.78 is 0. The molecule has 0 unspecified atom stereocenters. The summed E-state index contributed by atoms with van der Waals surface area (Å²) in [6.07, 6.45) is 2.25. The highest BCUT2D eigenvalue weighted by Gasteiger charge is 1.74. The zero-order chi connectivity index (χ0) is 13.2. The van der Waals surface area contributed by atoms with Crippen LogP contribution in [0.3, 0.4) is 0 Å². The molecule has 0 saturated carbocycles. The molecular weight excluding hydrogens is 214 g/mol. The first-order valence-electron chi connectivity index (χ1n) is 3.50. The maximum absolute atomic E-state index is 8.63. The quantitative estimate of drug-likeness (QED) is 0.385. The minimum absolute atomic E-state index is 0.322. The van der Waals surface area contributed by atoms with E-state index in [4.69, 9.17) is 35.7 Å². The lowest BCUT2D eigenvalue weighted by Crippen LogP contribution is -1.56. The van der Waals surface area contributed by atoms with Gasteiger partial charge in [-0.3, -0.25) is 0 Å². The SMILES string of the molecule is N=C=O.N=C=O.N=C=O.Oc1ccccc1. The molecule has 7 heteroatoms. The van der Waals surface area contributed by atoms with Crippen LogP contribution < -0.4 is 0 Å². The molecule has 0 aliphatic rings. The van der Waals surface area contributed by atoms with Crippen LogP contribution in [0.5, 0.6) is 5.75 Å². The maximum atomic E-state index is 8.63. The van der Waals surface area contributed by atoms with Crippen molar-refractivity contribution in [2.45, 2.75) is 0 Å². The highest BCUT2D eigenvalue weighted by atomic mass is 16.3. The van der Waals surface area contributed by atoms with Gasteiger partial charge in [0.15, 0.2) is 0 Å². The predicted molar refractivity (Wildman–Crippen MR) is 53.3 cm³/mol. The van der Waals surface area contributed by atoms with Crippen molar-refractivity contribution in [1.82, 2.24) is 0 Å². The van der Waals surface area contributed by atoms with Crippen molar-refractivity contribution in [2.24, 2.45) is 0 Å². The molecule has 84 valence electrons. The van der Waals surface area contributed by atoms with Gasteiger partial charge < -0.3 is 5.11 Å². The molecule has 7 nitrogen and oxygen atoms in total. The van der Waals surface area contributed by atoms with Crippen LogP contribution in [0.1, 0.15) is 0 Å². The summed E-state index contributed by atoms with van der Waals surface area (Å²) in [5.41, 5.74) is 0. The van der Waals surface area contributed by atoms with Gasteiger partial charge in [0, 0.05) is 0 Å². The standard InChI is InChI=1S/C6H6O.3CHNO/c7-6-4-2-1-3-5-6;3*2-1-3/h1-5,7H;3*2H. The largest absolute Gasteiger partial charge is 0.508 e. The van der Waals surface area contributed by atoms with Crippen LogP contribution >= 0.6 is 0 Å². The van der Waals surface area contributed by atoms with Gasteiger partial charge in [0.2, 0.25) is 18.2 Å². The van der Waals surface area contributed by atoms with Crippen molar-refractivity contribution in [2.75, 3.05) is 0 Å². The molecule has 0 bridgehead atoms. The van der Waals surface area contributed by atoms with E-state index >= 15 is 0 Å². The lowest BCUT2D eigenvalue weighted by Gasteiger charge is -1.82. The van der Waals surface area contributed by atoms with Crippen molar-refractivity contribution >= 4 is 18.2 Å². The minimum Gasteiger partial charge on any atom is -0.508 e. The number of benzene rings is 1. The van der Waals surface area contributed by atoms with Gasteiger partial charge in [-0.05, 0) is 12.1 Å². The van der Waals surface area contributed by atoms with E-state index in [9.17, 15) is 0 Å². The summed E-state index contributed by atoms with van der Waals surface area (Å²) in [7, 11) is 0. The second-order valence-corrected chi connectivity index (χ2v) is 1.64. The van der Waals surface area contributed by atoms with Gasteiger partial charge in [-0.2, -0.15) is 0 Å². The zero-order valence-electron chi connectivity index (χ0n) is 8.06. The highest BCUT2D eigenvalue weighted by molar-refractivity contribution is 5.26. The Bertz CT molecular complexity index is 318. The molecule has 0 heterocycles. The average Bonchev–Trinajstić information content (AvgIpc) is 2.22. The molecule has 0 saturated heterocycles. The second-order valence-electron chi connectivity index (χ2n) is 1.64. The molecule has 0 aromatic heterocycles. The number of aromatic hydroxyl groups is 1. The molecule has 0 spiro atoms. The van der Waals surface area contributed by atoms with Gasteiger partial charge in [0.05, 0.1) is 0 Å². The average molecular weight is 223 g/mol. The highest BCUT2D eigenvalue weighted by Crippen LogP contribution is 2.02. The molecule has 16 heavy (non-hydrogen) atoms. The summed E-state index contributed by atoms with van der Waals surface area (Å²) in [6, 6.07) is 8.71. The molecule has 0 radical (unpaired) electrons. The van der Waals surface area contributed by atoms with E-state index in [1.807, 2.05) is 6.07 Å². The van der Waals surface area contributed by atoms with Gasteiger partial charge in [0.1, 0.15) is 5.75 Å². The van der Waals surface area contributed by atoms with E-state index in [0.717, 1.165) is 18.2 Å². The van der Waals surface area contributed by atoms with Gasteiger partial charge in [0.25, 0.3) is 0 Å². The molecule has 0 atom stereocenters. The number of hydrogen-bond acceptors (Lipinski definition) is 7. The summed E-state index contributed by atoms with van der Waals surface area (Å²) in [6.45, 7) is 0. The molecule has 0 aliphatic heterocycles. The number of hydrogen-bond donors (Lipinski definition) is 4. The number of carbonyl (C=O) groups excluding carboxylic acids is 3. The van der Waals surface area contributed by atoms with Crippen molar-refractivity contribution < 1.29 is 19.5 Å². The number of rotatable bonds is 0. The first kappa shape index (κ1) is 18.9. The van der Waals surface area contributed by atoms with E-state index in [1.54, 1.807) is 24.3 Å². The number of phenolic OH excluding ortho intramolecular Hbond substituents is 1. The number of isocyanates is 3. The fourth-order valence-corrected chi connectivity index (χ4v) is 0.428. The Labute approximate surface area is 90.9 Å². The second kappa shape index (κ2) is 22.7. The topological polar surface area (TPSA) is 143 Å². The fourth-order valence-electron chi connectivity index (χ4n) is 0.428. The van der Waals surface area contributed by atoms with Crippen molar-refractivity contribution in [3.8, 4) is 5.75 Å². The van der Waals surface area contributed by atoms with Gasteiger partial charge in [-0.15, -0.1) is 0 Å². The number of para-hydroxylation sites is 1. The van der Waals surface area contributed by atoms with Crippen molar-refractivity contribution in [3.63, 3.8) is 0 Å². The Morgan fingerprint density at radius 1 is 0.812 bits per heavy atom. The van der Waals surface area contributed by atoms with Gasteiger partial charge >= 0.3 is 0 Å². The Kier molecular flexibility index (Phi) is 26.8. The van der Waals surface area contributed by atoms with Gasteiger partial charge in [-0.25, -0.2) is 30.6 Å². The van der Waals surface area contributed by atoms with Crippen LogP contribution in [0.4, 0.5) is 0 Å². The summed E-state index contributed by atoms with van der Waals surface area (Å²) in [4.78, 5) is 25.0. The van der Waals surface area contributed by atoms with Crippen LogP contribution in [0.15, 0.2) is 30.3 Å². The van der Waals surface area contributed by atoms with Crippen molar-refractivity contribution in [3.05, 3.63) is 30.3 Å². The Balaban J connectivity index is -0.000000161. The van der Waals surface area contributed by atoms with Crippen LogP contribution in [-0.4, -0.2) is 23.3 Å². The Morgan fingerprint density at radius 2 is 1.06 bits per heavy atom. The third kappa shape index (κ3) is 43.3. The first-order valence-corrected chi connectivity index (χ1v) is 3.50. The lowest BCUT2D eigenvalue weighted by atomic mass is 10.3. The first-order chi connectivity index (χ1) is 7.64. The normalized spacial score (nSPS) is 5.25. The lowest BCUT2D eigenvalue weighted by molar-refractivity contribution is 0.475. The van der Waals surface area contributed by atoms with E-state index in [0.29, 0.717) is 5.75 Å². The molecule has 1 aromatic rings. The summed E-state index contributed by atoms with van der Waals surface area (Å²) in [5, 5.41) is 24.8. The molecule has 1 aromatic carbocycles. The minimum atomic E-state index is 0.322. The third-order valence-corrected chi connectivity index (χ3v) is 0.756. The summed E-state index contributed by atoms with van der Waals surface area (Å²) >= 11 is 0. The predicted octanol–water partition coefficient (Wildman–Crippen LogP) is 1.10. The van der Waals surface area contributed by atoms with E-state index in [2.05, 4.69) is 0 Å². The molecule has 1 rings (SSSR count). The monoisotopic (exact) mass is 223 g/mol. The molecular formula is C9H9N3O4. The van der Waals surface area contributed by atoms with E-state index in [-0.39, 0.29) is 0 Å². The molecule has 0 aliphatic carbocycles. The van der Waals surface area contributed by atoms with Crippen LogP contribution in [-0.2, 0) is 14.4 Å². The Hall–Kier alpha value is -2.84. The maximum Gasteiger partial charge on any atom is 0.231 e. The summed E-state index contributed by atoms with van der Waals surface area (Å²) in [5.74, 6) is 0.322. The van der Waals surface area contributed by atoms with Crippen LogP contribution in [0.25, 0.3) is 0 Å². The smallest absolute Gasteiger partial charge is 0.231 e. The Morgan fingerprint density at radius 3 is 1.19 bits per heavy atom. The molecule has 4 N–H and O–H groups in total. The van der Waals surface area contributed by atoms with Gasteiger partial charge in [-0.1, -0.05) is 18.2 Å². The van der Waals surface area contributed by atoms with E-state index in [1.165, 1.54) is 0 Å². The fraction of sp³-hybridized carbons (Fsp3) is 0. The molecule has 0 fully saturated rings. The number of nitrogens with one attached hydrogen (secondary N) is 3. The third-order valence-electron chi connectivity index (χ3n) is 0.756. The zero-order valence-corrected chi connectivity index (χ0v) is 8.06. The van der Waals surface area contributed by atoms with Crippen molar-refractivity contribution in [1.29, 1.82) is 16.2 Å². The van der Waals surface area contributed by atoms with E-state index < -0.39 is 0 Å². The molecule has 0 amide bonds. The van der Waals surface area contributed by atoms with Crippen LogP contribution in [0, 0.1) is 16.2 Å². The number of phenols is 1.